The molecule has 0 saturated carbocycles. The molecule has 0 aromatic carbocycles. The van der Waals surface area contributed by atoms with Crippen LogP contribution >= 0.6 is 0 Å². The summed E-state index contributed by atoms with van der Waals surface area (Å²) in [7, 11) is 0. The number of anilines is 1. The van der Waals surface area contributed by atoms with Gasteiger partial charge < -0.3 is 15.3 Å². The summed E-state index contributed by atoms with van der Waals surface area (Å²) in [5, 5.41) is 12.9. The minimum absolute atomic E-state index is 0.253. The van der Waals surface area contributed by atoms with Crippen LogP contribution in [0.25, 0.3) is 11.4 Å². The van der Waals surface area contributed by atoms with Crippen molar-refractivity contribution >= 4 is 5.82 Å². The molecule has 2 N–H and O–H groups in total. The van der Waals surface area contributed by atoms with E-state index in [1.165, 1.54) is 5.56 Å². The van der Waals surface area contributed by atoms with Crippen molar-refractivity contribution in [2.75, 3.05) is 37.7 Å². The predicted molar refractivity (Wildman–Crippen MR) is 92.9 cm³/mol. The van der Waals surface area contributed by atoms with Gasteiger partial charge in [0.05, 0.1) is 5.69 Å². The van der Waals surface area contributed by atoms with Crippen LogP contribution < -0.4 is 10.2 Å². The van der Waals surface area contributed by atoms with Gasteiger partial charge in [-0.15, -0.1) is 0 Å². The van der Waals surface area contributed by atoms with Gasteiger partial charge in [-0.3, -0.25) is 4.98 Å². The monoisotopic (exact) mass is 325 g/mol. The van der Waals surface area contributed by atoms with E-state index in [9.17, 15) is 5.11 Å². The van der Waals surface area contributed by atoms with Gasteiger partial charge in [0.25, 0.3) is 0 Å². The van der Waals surface area contributed by atoms with Crippen LogP contribution in [0.3, 0.4) is 0 Å². The highest BCUT2D eigenvalue weighted by atomic mass is 16.3. The van der Waals surface area contributed by atoms with E-state index in [4.69, 9.17) is 9.97 Å². The van der Waals surface area contributed by atoms with E-state index in [1.807, 2.05) is 12.1 Å². The molecule has 4 heterocycles. The van der Waals surface area contributed by atoms with Crippen LogP contribution in [0.5, 0.6) is 0 Å². The van der Waals surface area contributed by atoms with Crippen molar-refractivity contribution in [2.45, 2.75) is 19.3 Å². The Hall–Kier alpha value is -2.05. The van der Waals surface area contributed by atoms with Crippen LogP contribution in [0.15, 0.2) is 24.5 Å². The molecule has 2 aliphatic heterocycles. The molecule has 1 saturated heterocycles. The number of hydrogen-bond acceptors (Lipinski definition) is 6. The maximum atomic E-state index is 9.47. The summed E-state index contributed by atoms with van der Waals surface area (Å²) in [6, 6.07) is 3.92. The van der Waals surface area contributed by atoms with Crippen molar-refractivity contribution in [3.05, 3.63) is 35.8 Å². The average Bonchev–Trinajstić information content (AvgIpc) is 2.99. The zero-order chi connectivity index (χ0) is 16.4. The molecule has 0 spiro atoms. The lowest BCUT2D eigenvalue weighted by Crippen LogP contribution is -2.24. The first-order valence-electron chi connectivity index (χ1n) is 8.72. The van der Waals surface area contributed by atoms with Crippen molar-refractivity contribution in [1.82, 2.24) is 20.3 Å². The van der Waals surface area contributed by atoms with Gasteiger partial charge in [-0.1, -0.05) is 0 Å². The van der Waals surface area contributed by atoms with E-state index >= 15 is 0 Å². The van der Waals surface area contributed by atoms with Gasteiger partial charge in [0.1, 0.15) is 5.82 Å². The fourth-order valence-corrected chi connectivity index (χ4v) is 3.59. The van der Waals surface area contributed by atoms with Crippen LogP contribution in [0.1, 0.15) is 17.7 Å². The summed E-state index contributed by atoms with van der Waals surface area (Å²) >= 11 is 0. The smallest absolute Gasteiger partial charge is 0.161 e. The molecule has 2 aliphatic rings. The number of hydrogen-bond donors (Lipinski definition) is 2. The molecule has 0 bridgehead atoms. The Balaban J connectivity index is 1.78. The van der Waals surface area contributed by atoms with Gasteiger partial charge in [0.15, 0.2) is 5.82 Å². The number of fused-ring (bicyclic) bond motifs is 1. The predicted octanol–water partition coefficient (Wildman–Crippen LogP) is 1.05. The normalized spacial score (nSPS) is 20.7. The number of nitrogens with one attached hydrogen (secondary N) is 1. The SMILES string of the molecule is OC[C@H]1CCN(c2nc(-c3ccncc3)nc3c2CCNCC3)C1. The minimum Gasteiger partial charge on any atom is -0.396 e. The summed E-state index contributed by atoms with van der Waals surface area (Å²) in [5.74, 6) is 2.19. The highest BCUT2D eigenvalue weighted by Gasteiger charge is 2.27. The van der Waals surface area contributed by atoms with Crippen LogP contribution in [-0.4, -0.2) is 52.8 Å². The molecular weight excluding hydrogens is 302 g/mol. The van der Waals surface area contributed by atoms with Gasteiger partial charge >= 0.3 is 0 Å². The van der Waals surface area contributed by atoms with Gasteiger partial charge in [-0.05, 0) is 31.5 Å². The molecule has 0 radical (unpaired) electrons. The fourth-order valence-electron chi connectivity index (χ4n) is 3.59. The molecule has 0 unspecified atom stereocenters. The maximum absolute atomic E-state index is 9.47. The number of aliphatic hydroxyl groups is 1. The molecule has 2 aromatic rings. The third-order valence-electron chi connectivity index (χ3n) is 4.94. The quantitative estimate of drug-likeness (QED) is 0.878. The van der Waals surface area contributed by atoms with Crippen molar-refractivity contribution in [2.24, 2.45) is 5.92 Å². The topological polar surface area (TPSA) is 74.2 Å². The summed E-state index contributed by atoms with van der Waals surface area (Å²) < 4.78 is 0. The maximum Gasteiger partial charge on any atom is 0.161 e. The molecule has 4 rings (SSSR count). The largest absolute Gasteiger partial charge is 0.396 e. The first-order valence-corrected chi connectivity index (χ1v) is 8.72. The van der Waals surface area contributed by atoms with Gasteiger partial charge in [0.2, 0.25) is 0 Å². The molecule has 1 atom stereocenters. The van der Waals surface area contributed by atoms with Crippen LogP contribution in [0.4, 0.5) is 5.82 Å². The molecule has 6 heteroatoms. The Morgan fingerprint density at radius 2 is 2.00 bits per heavy atom. The summed E-state index contributed by atoms with van der Waals surface area (Å²) in [6.07, 6.45) is 6.48. The number of aliphatic hydroxyl groups excluding tert-OH is 1. The second kappa shape index (κ2) is 6.83. The van der Waals surface area contributed by atoms with Crippen molar-refractivity contribution in [3.8, 4) is 11.4 Å². The minimum atomic E-state index is 0.253. The van der Waals surface area contributed by atoms with E-state index in [-0.39, 0.29) is 6.61 Å². The summed E-state index contributed by atoms with van der Waals surface area (Å²) in [6.45, 7) is 4.01. The molecule has 6 nitrogen and oxygen atoms in total. The van der Waals surface area contributed by atoms with Crippen LogP contribution in [0.2, 0.25) is 0 Å². The molecule has 126 valence electrons. The average molecular weight is 325 g/mol. The zero-order valence-electron chi connectivity index (χ0n) is 13.8. The number of rotatable bonds is 3. The molecule has 24 heavy (non-hydrogen) atoms. The van der Waals surface area contributed by atoms with E-state index in [1.54, 1.807) is 12.4 Å². The Morgan fingerprint density at radius 1 is 1.17 bits per heavy atom. The van der Waals surface area contributed by atoms with Crippen molar-refractivity contribution in [3.63, 3.8) is 0 Å². The lowest BCUT2D eigenvalue weighted by Gasteiger charge is -2.22. The second-order valence-electron chi connectivity index (χ2n) is 6.57. The molecule has 0 amide bonds. The highest BCUT2D eigenvalue weighted by molar-refractivity contribution is 5.61. The van der Waals surface area contributed by atoms with Gasteiger partial charge in [-0.25, -0.2) is 9.97 Å². The van der Waals surface area contributed by atoms with Crippen molar-refractivity contribution < 1.29 is 5.11 Å². The highest BCUT2D eigenvalue weighted by Crippen LogP contribution is 2.30. The third kappa shape index (κ3) is 2.99. The second-order valence-corrected chi connectivity index (χ2v) is 6.57. The molecular formula is C18H23N5O. The van der Waals surface area contributed by atoms with E-state index in [0.29, 0.717) is 5.92 Å². The first-order chi connectivity index (χ1) is 11.8. The van der Waals surface area contributed by atoms with E-state index in [2.05, 4.69) is 15.2 Å². The van der Waals surface area contributed by atoms with E-state index < -0.39 is 0 Å². The molecule has 1 fully saturated rings. The number of nitrogens with zero attached hydrogens (tertiary/aromatic N) is 4. The number of pyridine rings is 1. The Morgan fingerprint density at radius 3 is 2.79 bits per heavy atom. The third-order valence-corrected chi connectivity index (χ3v) is 4.94. The summed E-state index contributed by atoms with van der Waals surface area (Å²) in [4.78, 5) is 16.2. The number of aromatic nitrogens is 3. The summed E-state index contributed by atoms with van der Waals surface area (Å²) in [5.41, 5.74) is 3.44. The Kier molecular flexibility index (Phi) is 4.40. The van der Waals surface area contributed by atoms with E-state index in [0.717, 1.165) is 68.3 Å². The van der Waals surface area contributed by atoms with Gasteiger partial charge in [-0.2, -0.15) is 0 Å². The van der Waals surface area contributed by atoms with Crippen LogP contribution in [-0.2, 0) is 12.8 Å². The lowest BCUT2D eigenvalue weighted by molar-refractivity contribution is 0.238. The van der Waals surface area contributed by atoms with Crippen LogP contribution in [0, 0.1) is 5.92 Å². The fraction of sp³-hybridized carbons (Fsp3) is 0.500. The first kappa shape index (κ1) is 15.5. The molecule has 0 aliphatic carbocycles. The Bertz CT molecular complexity index is 706. The zero-order valence-corrected chi connectivity index (χ0v) is 13.8. The lowest BCUT2D eigenvalue weighted by atomic mass is 10.1. The standard InChI is InChI=1S/C18H23N5O/c24-12-13-5-10-23(11-13)18-15-3-8-20-9-4-16(15)21-17(22-18)14-1-6-19-7-2-14/h1-2,6-7,13,20,24H,3-5,8-12H2/t13-/m0/s1. The van der Waals surface area contributed by atoms with Crippen molar-refractivity contribution in [1.29, 1.82) is 0 Å². The van der Waals surface area contributed by atoms with Gasteiger partial charge in [0, 0.05) is 62.1 Å². The Labute approximate surface area is 142 Å². The molecule has 2 aromatic heterocycles.